The molecule has 1 aromatic carbocycles. The molecule has 3 N–H and O–H groups in total. The predicted octanol–water partition coefficient (Wildman–Crippen LogP) is 2.36. The number of carbonyl (C=O) groups excluding carboxylic acids is 2. The highest BCUT2D eigenvalue weighted by atomic mass is 35.5. The fourth-order valence-electron chi connectivity index (χ4n) is 2.86. The molecule has 6 nitrogen and oxygen atoms in total. The number of nitrogens with two attached hydrogens (primary N) is 1. The minimum atomic E-state index is -0.683. The lowest BCUT2D eigenvalue weighted by Crippen LogP contribution is -2.37. The fourth-order valence-corrected chi connectivity index (χ4v) is 2.86. The number of fused-ring (bicyclic) bond motifs is 1. The number of amides is 2. The monoisotopic (exact) mass is 364 g/mol. The third-order valence-corrected chi connectivity index (χ3v) is 4.69. The number of nitrogens with zero attached hydrogens (tertiary/aromatic N) is 2. The summed E-state index contributed by atoms with van der Waals surface area (Å²) >= 11 is 0. The maximum absolute atomic E-state index is 12.3. The normalized spacial score (nSPS) is 14.7. The summed E-state index contributed by atoms with van der Waals surface area (Å²) in [7, 11) is 0. The van der Waals surface area contributed by atoms with Crippen molar-refractivity contribution < 1.29 is 9.59 Å². The van der Waals surface area contributed by atoms with Gasteiger partial charge in [-0.25, -0.2) is 0 Å². The molecule has 0 aliphatic heterocycles. The molecular weight excluding hydrogens is 340 g/mol. The van der Waals surface area contributed by atoms with E-state index in [4.69, 9.17) is 5.73 Å². The summed E-state index contributed by atoms with van der Waals surface area (Å²) in [4.78, 5) is 26.1. The smallest absolute Gasteiger partial charge is 0.244 e. The zero-order valence-electron chi connectivity index (χ0n) is 14.6. The highest BCUT2D eigenvalue weighted by molar-refractivity contribution is 6.01. The van der Waals surface area contributed by atoms with Crippen molar-refractivity contribution in [3.05, 3.63) is 30.5 Å². The second-order valence-electron chi connectivity index (χ2n) is 6.39. The minimum Gasteiger partial charge on any atom is -0.342 e. The van der Waals surface area contributed by atoms with E-state index < -0.39 is 5.54 Å². The molecule has 0 radical (unpaired) electrons. The highest BCUT2D eigenvalue weighted by Crippen LogP contribution is 2.33. The summed E-state index contributed by atoms with van der Waals surface area (Å²) in [6.45, 7) is 5.71. The summed E-state index contributed by atoms with van der Waals surface area (Å²) in [5.41, 5.74) is 6.93. The van der Waals surface area contributed by atoms with Crippen LogP contribution in [0.3, 0.4) is 0 Å². The second kappa shape index (κ2) is 7.45. The topological polar surface area (TPSA) is 80.4 Å². The van der Waals surface area contributed by atoms with Crippen molar-refractivity contribution >= 4 is 40.8 Å². The third kappa shape index (κ3) is 3.96. The number of likely N-dealkylation sites (N-methyl/N-ethyl adjacent to an activating group) is 1. The average molecular weight is 365 g/mol. The Hall–Kier alpha value is -2.05. The molecule has 3 rings (SSSR count). The number of nitrogens with one attached hydrogen (secondary N) is 1. The number of hydrogen-bond acceptors (Lipinski definition) is 3. The van der Waals surface area contributed by atoms with Crippen LogP contribution in [-0.4, -0.2) is 39.9 Å². The van der Waals surface area contributed by atoms with E-state index in [2.05, 4.69) is 5.32 Å². The van der Waals surface area contributed by atoms with E-state index in [1.165, 1.54) is 0 Å². The van der Waals surface area contributed by atoms with Gasteiger partial charge in [0.1, 0.15) is 6.54 Å². The first kappa shape index (κ1) is 19.3. The Morgan fingerprint density at radius 3 is 2.52 bits per heavy atom. The van der Waals surface area contributed by atoms with E-state index in [0.29, 0.717) is 19.6 Å². The molecule has 1 aromatic heterocycles. The molecule has 7 heteroatoms. The largest absolute Gasteiger partial charge is 0.342 e. The molecule has 2 aromatic rings. The molecule has 0 atom stereocenters. The molecular formula is C18H25ClN4O2. The van der Waals surface area contributed by atoms with Gasteiger partial charge in [0.15, 0.2) is 0 Å². The number of halogens is 1. The Balaban J connectivity index is 0.00000225. The Morgan fingerprint density at radius 1 is 1.24 bits per heavy atom. The van der Waals surface area contributed by atoms with Crippen molar-refractivity contribution in [2.24, 2.45) is 5.73 Å². The van der Waals surface area contributed by atoms with E-state index in [9.17, 15) is 9.59 Å². The summed E-state index contributed by atoms with van der Waals surface area (Å²) < 4.78 is 1.94. The first-order valence-corrected chi connectivity index (χ1v) is 8.44. The van der Waals surface area contributed by atoms with Gasteiger partial charge in [-0.15, -0.1) is 12.4 Å². The van der Waals surface area contributed by atoms with Crippen LogP contribution in [0.25, 0.3) is 10.9 Å². The Morgan fingerprint density at radius 2 is 1.92 bits per heavy atom. The van der Waals surface area contributed by atoms with Crippen LogP contribution in [0.2, 0.25) is 0 Å². The Kier molecular flexibility index (Phi) is 5.75. The standard InChI is InChI=1S/C18H24N4O2.ClH/c1-3-21(4-2)16(23)12-22-10-7-13-11-14(5-6-15(13)22)20-17(24)18(19)8-9-18;/h5-7,10-11H,3-4,8-9,12,19H2,1-2H3,(H,20,24);1H. The summed E-state index contributed by atoms with van der Waals surface area (Å²) in [5, 5.41) is 3.86. The van der Waals surface area contributed by atoms with Crippen LogP contribution in [0.4, 0.5) is 5.69 Å². The van der Waals surface area contributed by atoms with Gasteiger partial charge in [0.05, 0.1) is 5.54 Å². The van der Waals surface area contributed by atoms with Gasteiger partial charge in [0, 0.05) is 35.9 Å². The van der Waals surface area contributed by atoms with Crippen molar-refractivity contribution in [3.8, 4) is 0 Å². The molecule has 0 saturated heterocycles. The Bertz CT molecular complexity index is 778. The van der Waals surface area contributed by atoms with Crippen LogP contribution >= 0.6 is 12.4 Å². The predicted molar refractivity (Wildman–Crippen MR) is 102 cm³/mol. The molecule has 136 valence electrons. The van der Waals surface area contributed by atoms with Gasteiger partial charge in [-0.1, -0.05) is 0 Å². The van der Waals surface area contributed by atoms with Gasteiger partial charge in [-0.2, -0.15) is 0 Å². The second-order valence-corrected chi connectivity index (χ2v) is 6.39. The summed E-state index contributed by atoms with van der Waals surface area (Å²) in [6.07, 6.45) is 3.39. The molecule has 1 heterocycles. The summed E-state index contributed by atoms with van der Waals surface area (Å²) in [5.74, 6) is -0.0216. The van der Waals surface area contributed by atoms with E-state index in [-0.39, 0.29) is 24.2 Å². The maximum atomic E-state index is 12.3. The van der Waals surface area contributed by atoms with Gasteiger partial charge in [0.2, 0.25) is 11.8 Å². The maximum Gasteiger partial charge on any atom is 0.244 e. The molecule has 1 aliphatic carbocycles. The lowest BCUT2D eigenvalue weighted by molar-refractivity contribution is -0.131. The molecule has 0 bridgehead atoms. The quantitative estimate of drug-likeness (QED) is 0.825. The van der Waals surface area contributed by atoms with Crippen molar-refractivity contribution in [1.82, 2.24) is 9.47 Å². The zero-order valence-corrected chi connectivity index (χ0v) is 15.4. The van der Waals surface area contributed by atoms with Gasteiger partial charge in [-0.05, 0) is 51.0 Å². The van der Waals surface area contributed by atoms with E-state index in [1.54, 1.807) is 0 Å². The van der Waals surface area contributed by atoms with Crippen LogP contribution in [0.15, 0.2) is 30.5 Å². The first-order valence-electron chi connectivity index (χ1n) is 8.44. The number of hydrogen-bond donors (Lipinski definition) is 2. The molecule has 1 aliphatic rings. The van der Waals surface area contributed by atoms with Gasteiger partial charge in [-0.3, -0.25) is 9.59 Å². The number of benzene rings is 1. The zero-order chi connectivity index (χ0) is 17.3. The highest BCUT2D eigenvalue weighted by Gasteiger charge is 2.45. The number of rotatable bonds is 6. The van der Waals surface area contributed by atoms with E-state index >= 15 is 0 Å². The van der Waals surface area contributed by atoms with Crippen molar-refractivity contribution in [1.29, 1.82) is 0 Å². The molecule has 0 spiro atoms. The van der Waals surface area contributed by atoms with Crippen LogP contribution in [0, 0.1) is 0 Å². The van der Waals surface area contributed by atoms with Gasteiger partial charge >= 0.3 is 0 Å². The van der Waals surface area contributed by atoms with Crippen molar-refractivity contribution in [3.63, 3.8) is 0 Å². The van der Waals surface area contributed by atoms with Crippen LogP contribution in [0.1, 0.15) is 26.7 Å². The number of aromatic nitrogens is 1. The SMILES string of the molecule is CCN(CC)C(=O)Cn1ccc2cc(NC(=O)C3(N)CC3)ccc21.Cl. The lowest BCUT2D eigenvalue weighted by Gasteiger charge is -2.19. The van der Waals surface area contributed by atoms with E-state index in [0.717, 1.165) is 29.4 Å². The van der Waals surface area contributed by atoms with Crippen LogP contribution in [0.5, 0.6) is 0 Å². The first-order chi connectivity index (χ1) is 11.5. The summed E-state index contributed by atoms with van der Waals surface area (Å²) in [6, 6.07) is 7.65. The van der Waals surface area contributed by atoms with Crippen molar-refractivity contribution in [2.45, 2.75) is 38.8 Å². The van der Waals surface area contributed by atoms with Gasteiger partial charge < -0.3 is 20.5 Å². The van der Waals surface area contributed by atoms with Crippen molar-refractivity contribution in [2.75, 3.05) is 18.4 Å². The number of carbonyl (C=O) groups is 2. The van der Waals surface area contributed by atoms with Crippen LogP contribution < -0.4 is 11.1 Å². The van der Waals surface area contributed by atoms with Crippen LogP contribution in [-0.2, 0) is 16.1 Å². The molecule has 1 saturated carbocycles. The molecule has 25 heavy (non-hydrogen) atoms. The molecule has 1 fully saturated rings. The Labute approximate surface area is 153 Å². The average Bonchev–Trinajstić information content (AvgIpc) is 3.20. The van der Waals surface area contributed by atoms with E-state index in [1.807, 2.05) is 53.8 Å². The molecule has 0 unspecified atom stereocenters. The van der Waals surface area contributed by atoms with Gasteiger partial charge in [0.25, 0.3) is 0 Å². The minimum absolute atomic E-state index is 0. The third-order valence-electron chi connectivity index (χ3n) is 4.69. The number of anilines is 1. The lowest BCUT2D eigenvalue weighted by atomic mass is 10.2. The molecule has 2 amide bonds. The fraction of sp³-hybridized carbons (Fsp3) is 0.444.